The number of esters is 1. The van der Waals surface area contributed by atoms with E-state index in [1.165, 1.54) is 6.92 Å². The van der Waals surface area contributed by atoms with Gasteiger partial charge in [-0.15, -0.1) is 0 Å². The molecule has 7 heteroatoms. The summed E-state index contributed by atoms with van der Waals surface area (Å²) in [6.45, 7) is 1.35. The van der Waals surface area contributed by atoms with Gasteiger partial charge in [0, 0.05) is 6.07 Å². The third-order valence-electron chi connectivity index (χ3n) is 2.36. The first-order valence-corrected chi connectivity index (χ1v) is 5.37. The van der Waals surface area contributed by atoms with E-state index in [-0.39, 0.29) is 5.56 Å². The maximum Gasteiger partial charge on any atom is 0.328 e. The van der Waals surface area contributed by atoms with E-state index in [1.807, 2.05) is 0 Å². The predicted molar refractivity (Wildman–Crippen MR) is 60.9 cm³/mol. The third-order valence-corrected chi connectivity index (χ3v) is 2.36. The van der Waals surface area contributed by atoms with Crippen molar-refractivity contribution in [2.75, 3.05) is 7.11 Å². The number of rotatable bonds is 4. The highest BCUT2D eigenvalue weighted by molar-refractivity contribution is 5.87. The van der Waals surface area contributed by atoms with Gasteiger partial charge in [0.25, 0.3) is 5.91 Å². The van der Waals surface area contributed by atoms with E-state index >= 15 is 0 Å². The summed E-state index contributed by atoms with van der Waals surface area (Å²) in [6.07, 6.45) is -1.78. The van der Waals surface area contributed by atoms with Crippen molar-refractivity contribution in [3.05, 3.63) is 35.4 Å². The van der Waals surface area contributed by atoms with E-state index in [0.717, 1.165) is 19.2 Å². The van der Waals surface area contributed by atoms with Crippen LogP contribution in [0.1, 0.15) is 18.6 Å². The van der Waals surface area contributed by atoms with Gasteiger partial charge in [-0.1, -0.05) is 0 Å². The molecule has 0 saturated heterocycles. The number of benzene rings is 1. The standard InChI is InChI=1S/C12H13F2NO4/c1-6(12(18)19-2)15-11(17)10(16)7-3-8(13)5-9(14)4-7/h3-6,10,16H,1-2H3,(H,15,17). The molecule has 0 heterocycles. The second-order valence-electron chi connectivity index (χ2n) is 3.86. The van der Waals surface area contributed by atoms with Crippen LogP contribution in [0.15, 0.2) is 18.2 Å². The van der Waals surface area contributed by atoms with Crippen molar-refractivity contribution in [1.82, 2.24) is 5.32 Å². The number of halogens is 2. The maximum absolute atomic E-state index is 12.9. The van der Waals surface area contributed by atoms with Gasteiger partial charge in [0.15, 0.2) is 6.10 Å². The van der Waals surface area contributed by atoms with Gasteiger partial charge in [-0.05, 0) is 24.6 Å². The molecule has 0 saturated carbocycles. The fraction of sp³-hybridized carbons (Fsp3) is 0.333. The van der Waals surface area contributed by atoms with Crippen molar-refractivity contribution in [2.24, 2.45) is 0 Å². The van der Waals surface area contributed by atoms with Crippen LogP contribution >= 0.6 is 0 Å². The van der Waals surface area contributed by atoms with Crippen LogP contribution in [-0.4, -0.2) is 30.1 Å². The molecular formula is C12H13F2NO4. The largest absolute Gasteiger partial charge is 0.467 e. The topological polar surface area (TPSA) is 75.6 Å². The number of methoxy groups -OCH3 is 1. The first-order chi connectivity index (χ1) is 8.85. The van der Waals surface area contributed by atoms with Crippen LogP contribution in [0.5, 0.6) is 0 Å². The Bertz CT molecular complexity index is 472. The maximum atomic E-state index is 12.9. The van der Waals surface area contributed by atoms with E-state index < -0.39 is 35.7 Å². The minimum absolute atomic E-state index is 0.243. The molecule has 1 aromatic rings. The highest BCUT2D eigenvalue weighted by Crippen LogP contribution is 2.16. The molecule has 5 nitrogen and oxygen atoms in total. The van der Waals surface area contributed by atoms with Crippen LogP contribution in [0.2, 0.25) is 0 Å². The number of amides is 1. The van der Waals surface area contributed by atoms with Crippen molar-refractivity contribution in [3.63, 3.8) is 0 Å². The van der Waals surface area contributed by atoms with Crippen molar-refractivity contribution in [1.29, 1.82) is 0 Å². The van der Waals surface area contributed by atoms with Gasteiger partial charge in [-0.3, -0.25) is 4.79 Å². The lowest BCUT2D eigenvalue weighted by molar-refractivity contribution is -0.145. The number of hydrogen-bond donors (Lipinski definition) is 2. The van der Waals surface area contributed by atoms with Gasteiger partial charge in [0.05, 0.1) is 7.11 Å². The molecule has 0 radical (unpaired) electrons. The van der Waals surface area contributed by atoms with E-state index in [1.54, 1.807) is 0 Å². The van der Waals surface area contributed by atoms with Crippen molar-refractivity contribution in [2.45, 2.75) is 19.1 Å². The molecular weight excluding hydrogens is 260 g/mol. The summed E-state index contributed by atoms with van der Waals surface area (Å²) in [7, 11) is 1.14. The molecule has 1 amide bonds. The van der Waals surface area contributed by atoms with E-state index in [0.29, 0.717) is 6.07 Å². The summed E-state index contributed by atoms with van der Waals surface area (Å²) >= 11 is 0. The lowest BCUT2D eigenvalue weighted by Gasteiger charge is -2.15. The molecule has 0 aromatic heterocycles. The summed E-state index contributed by atoms with van der Waals surface area (Å²) < 4.78 is 30.3. The molecule has 0 spiro atoms. The fourth-order valence-corrected chi connectivity index (χ4v) is 1.41. The summed E-state index contributed by atoms with van der Waals surface area (Å²) in [5, 5.41) is 11.8. The first kappa shape index (κ1) is 15.0. The third kappa shape index (κ3) is 3.99. The van der Waals surface area contributed by atoms with E-state index in [9.17, 15) is 23.5 Å². The molecule has 0 fully saturated rings. The lowest BCUT2D eigenvalue weighted by Crippen LogP contribution is -2.41. The monoisotopic (exact) mass is 273 g/mol. The number of carbonyl (C=O) groups excluding carboxylic acids is 2. The van der Waals surface area contributed by atoms with Gasteiger partial charge >= 0.3 is 5.97 Å². The number of nitrogens with one attached hydrogen (secondary N) is 1. The average molecular weight is 273 g/mol. The molecule has 0 aliphatic heterocycles. The molecule has 0 aliphatic carbocycles. The van der Waals surface area contributed by atoms with Crippen molar-refractivity contribution >= 4 is 11.9 Å². The van der Waals surface area contributed by atoms with Crippen LogP contribution in [0.4, 0.5) is 8.78 Å². The normalized spacial score (nSPS) is 13.5. The minimum Gasteiger partial charge on any atom is -0.467 e. The number of carbonyl (C=O) groups is 2. The van der Waals surface area contributed by atoms with Crippen LogP contribution < -0.4 is 5.32 Å². The van der Waals surface area contributed by atoms with Gasteiger partial charge in [0.1, 0.15) is 17.7 Å². The molecule has 0 aliphatic rings. The average Bonchev–Trinajstić information content (AvgIpc) is 2.35. The number of ether oxygens (including phenoxy) is 1. The van der Waals surface area contributed by atoms with Gasteiger partial charge < -0.3 is 15.2 Å². The van der Waals surface area contributed by atoms with Gasteiger partial charge in [-0.2, -0.15) is 0 Å². The van der Waals surface area contributed by atoms with Crippen LogP contribution in [0.25, 0.3) is 0 Å². The Balaban J connectivity index is 2.79. The molecule has 2 unspecified atom stereocenters. The second-order valence-corrected chi connectivity index (χ2v) is 3.86. The zero-order valence-electron chi connectivity index (χ0n) is 10.3. The summed E-state index contributed by atoms with van der Waals surface area (Å²) in [4.78, 5) is 22.7. The van der Waals surface area contributed by atoms with Crippen LogP contribution in [0.3, 0.4) is 0 Å². The highest BCUT2D eigenvalue weighted by Gasteiger charge is 2.23. The number of aliphatic hydroxyl groups excluding tert-OH is 1. The number of aliphatic hydroxyl groups is 1. The SMILES string of the molecule is COC(=O)C(C)NC(=O)C(O)c1cc(F)cc(F)c1. The first-order valence-electron chi connectivity index (χ1n) is 5.37. The summed E-state index contributed by atoms with van der Waals surface area (Å²) in [5.74, 6) is -3.49. The molecule has 2 N–H and O–H groups in total. The zero-order valence-corrected chi connectivity index (χ0v) is 10.3. The second kappa shape index (κ2) is 6.24. The predicted octanol–water partition coefficient (Wildman–Crippen LogP) is 0.676. The zero-order chi connectivity index (χ0) is 14.6. The molecule has 1 rings (SSSR count). The van der Waals surface area contributed by atoms with Gasteiger partial charge in [-0.25, -0.2) is 13.6 Å². The Hall–Kier alpha value is -2.02. The van der Waals surface area contributed by atoms with Crippen molar-refractivity contribution in [3.8, 4) is 0 Å². The van der Waals surface area contributed by atoms with E-state index in [2.05, 4.69) is 10.1 Å². The van der Waals surface area contributed by atoms with Crippen molar-refractivity contribution < 1.29 is 28.2 Å². The quantitative estimate of drug-likeness (QED) is 0.791. The van der Waals surface area contributed by atoms with Crippen LogP contribution in [-0.2, 0) is 14.3 Å². The summed E-state index contributed by atoms with van der Waals surface area (Å²) in [5.41, 5.74) is -0.243. The van der Waals surface area contributed by atoms with Crippen LogP contribution in [0, 0.1) is 11.6 Å². The Morgan fingerprint density at radius 1 is 1.26 bits per heavy atom. The molecule has 0 bridgehead atoms. The Morgan fingerprint density at radius 2 is 1.79 bits per heavy atom. The smallest absolute Gasteiger partial charge is 0.328 e. The number of hydrogen-bond acceptors (Lipinski definition) is 4. The minimum atomic E-state index is -1.78. The highest BCUT2D eigenvalue weighted by atomic mass is 19.1. The van der Waals surface area contributed by atoms with E-state index in [4.69, 9.17) is 0 Å². The molecule has 104 valence electrons. The molecule has 2 atom stereocenters. The van der Waals surface area contributed by atoms with Gasteiger partial charge in [0.2, 0.25) is 0 Å². The Kier molecular flexibility index (Phi) is 4.94. The Labute approximate surface area is 108 Å². The Morgan fingerprint density at radius 3 is 2.26 bits per heavy atom. The fourth-order valence-electron chi connectivity index (χ4n) is 1.41. The molecule has 1 aromatic carbocycles. The lowest BCUT2D eigenvalue weighted by atomic mass is 10.1. The summed E-state index contributed by atoms with van der Waals surface area (Å²) in [6, 6.07) is 1.29. The molecule has 19 heavy (non-hydrogen) atoms.